The fraction of sp³-hybridized carbons (Fsp3) is 0.611. The van der Waals surface area contributed by atoms with Crippen LogP contribution in [0.3, 0.4) is 0 Å². The fourth-order valence-corrected chi connectivity index (χ4v) is 3.22. The van der Waals surface area contributed by atoms with Crippen LogP contribution < -0.4 is 10.6 Å². The van der Waals surface area contributed by atoms with Crippen LogP contribution in [0.15, 0.2) is 24.3 Å². The molecule has 0 saturated carbocycles. The van der Waals surface area contributed by atoms with Crippen LogP contribution in [0.25, 0.3) is 0 Å². The van der Waals surface area contributed by atoms with Crippen molar-refractivity contribution in [2.75, 3.05) is 26.2 Å². The molecule has 2 aliphatic heterocycles. The zero-order valence-corrected chi connectivity index (χ0v) is 13.3. The number of likely N-dealkylation sites (tertiary alicyclic amines) is 1. The molecule has 0 radical (unpaired) electrons. The molecule has 3 rings (SSSR count). The van der Waals surface area contributed by atoms with Gasteiger partial charge in [0.25, 0.3) is 0 Å². The molecule has 1 amide bonds. The van der Waals surface area contributed by atoms with Gasteiger partial charge in [-0.15, -0.1) is 0 Å². The van der Waals surface area contributed by atoms with E-state index in [4.69, 9.17) is 0 Å². The third kappa shape index (κ3) is 4.08. The monoisotopic (exact) mass is 301 g/mol. The molecule has 2 fully saturated rings. The maximum Gasteiger partial charge on any atom is 0.225 e. The number of nitrogens with zero attached hydrogens (tertiary/aromatic N) is 1. The van der Waals surface area contributed by atoms with Crippen molar-refractivity contribution in [1.82, 2.24) is 15.5 Å². The molecule has 0 spiro atoms. The Bertz CT molecular complexity index is 491. The molecule has 0 aliphatic carbocycles. The van der Waals surface area contributed by atoms with Gasteiger partial charge in [0.15, 0.2) is 0 Å². The normalized spacial score (nSPS) is 20.2. The minimum absolute atomic E-state index is 0.165. The van der Waals surface area contributed by atoms with Crippen molar-refractivity contribution in [3.8, 4) is 0 Å². The molecule has 22 heavy (non-hydrogen) atoms. The van der Waals surface area contributed by atoms with Crippen LogP contribution in [0, 0.1) is 5.92 Å². The van der Waals surface area contributed by atoms with Crippen molar-refractivity contribution in [3.63, 3.8) is 0 Å². The molecular formula is C18H27N3O. The minimum atomic E-state index is 0.165. The average Bonchev–Trinajstić information content (AvgIpc) is 2.73. The quantitative estimate of drug-likeness (QED) is 0.873. The Labute approximate surface area is 133 Å². The zero-order chi connectivity index (χ0) is 15.2. The number of rotatable bonds is 5. The Hall–Kier alpha value is -1.39. The van der Waals surface area contributed by atoms with Crippen LogP contribution in [-0.4, -0.2) is 37.0 Å². The number of carbonyl (C=O) groups is 1. The Balaban J connectivity index is 1.57. The SMILES string of the molecule is O=C(NCc1ccccc1CN1CCCCCC1)C1CNC1. The molecule has 120 valence electrons. The summed E-state index contributed by atoms with van der Waals surface area (Å²) < 4.78 is 0. The lowest BCUT2D eigenvalue weighted by Gasteiger charge is -2.26. The summed E-state index contributed by atoms with van der Waals surface area (Å²) >= 11 is 0. The van der Waals surface area contributed by atoms with E-state index in [1.165, 1.54) is 49.9 Å². The standard InChI is InChI=1S/C18H27N3O/c22-18(17-11-19-12-17)20-13-15-7-3-4-8-16(15)14-21-9-5-1-2-6-10-21/h3-4,7-8,17,19H,1-2,5-6,9-14H2,(H,20,22). The second kappa shape index (κ2) is 7.75. The fourth-order valence-electron chi connectivity index (χ4n) is 3.22. The highest BCUT2D eigenvalue weighted by Gasteiger charge is 2.24. The molecule has 2 heterocycles. The second-order valence-corrected chi connectivity index (χ2v) is 6.53. The van der Waals surface area contributed by atoms with Crippen LogP contribution in [0.4, 0.5) is 0 Å². The van der Waals surface area contributed by atoms with E-state index >= 15 is 0 Å². The van der Waals surface area contributed by atoms with E-state index < -0.39 is 0 Å². The van der Waals surface area contributed by atoms with Gasteiger partial charge in [0.05, 0.1) is 5.92 Å². The summed E-state index contributed by atoms with van der Waals surface area (Å²) in [7, 11) is 0. The Morgan fingerprint density at radius 1 is 1.09 bits per heavy atom. The summed E-state index contributed by atoms with van der Waals surface area (Å²) in [5.74, 6) is 0.348. The number of carbonyl (C=O) groups excluding carboxylic acids is 1. The summed E-state index contributed by atoms with van der Waals surface area (Å²) in [6, 6.07) is 8.52. The molecule has 0 unspecified atom stereocenters. The molecule has 1 aromatic rings. The van der Waals surface area contributed by atoms with Crippen LogP contribution in [0.5, 0.6) is 0 Å². The number of benzene rings is 1. The van der Waals surface area contributed by atoms with E-state index in [1.54, 1.807) is 0 Å². The van der Waals surface area contributed by atoms with Gasteiger partial charge in [-0.25, -0.2) is 0 Å². The van der Waals surface area contributed by atoms with E-state index in [1.807, 2.05) is 0 Å². The summed E-state index contributed by atoms with van der Waals surface area (Å²) in [5.41, 5.74) is 2.61. The maximum atomic E-state index is 12.0. The van der Waals surface area contributed by atoms with Crippen LogP contribution in [0.2, 0.25) is 0 Å². The average molecular weight is 301 g/mol. The van der Waals surface area contributed by atoms with Gasteiger partial charge in [-0.05, 0) is 37.1 Å². The van der Waals surface area contributed by atoms with E-state index in [-0.39, 0.29) is 11.8 Å². The highest BCUT2D eigenvalue weighted by molar-refractivity contribution is 5.80. The minimum Gasteiger partial charge on any atom is -0.352 e. The van der Waals surface area contributed by atoms with Gasteiger partial charge in [-0.1, -0.05) is 37.1 Å². The lowest BCUT2D eigenvalue weighted by atomic mass is 10.0. The van der Waals surface area contributed by atoms with Crippen LogP contribution in [-0.2, 0) is 17.9 Å². The molecule has 0 aromatic heterocycles. The number of hydrogen-bond donors (Lipinski definition) is 2. The van der Waals surface area contributed by atoms with Crippen molar-refractivity contribution in [1.29, 1.82) is 0 Å². The lowest BCUT2D eigenvalue weighted by molar-refractivity contribution is -0.126. The van der Waals surface area contributed by atoms with Gasteiger partial charge >= 0.3 is 0 Å². The van der Waals surface area contributed by atoms with Gasteiger partial charge in [0, 0.05) is 26.2 Å². The number of hydrogen-bond acceptors (Lipinski definition) is 3. The van der Waals surface area contributed by atoms with Crippen molar-refractivity contribution in [2.24, 2.45) is 5.92 Å². The van der Waals surface area contributed by atoms with Gasteiger partial charge in [0.2, 0.25) is 5.91 Å². The highest BCUT2D eigenvalue weighted by Crippen LogP contribution is 2.16. The second-order valence-electron chi connectivity index (χ2n) is 6.53. The van der Waals surface area contributed by atoms with Crippen molar-refractivity contribution in [3.05, 3.63) is 35.4 Å². The van der Waals surface area contributed by atoms with Crippen LogP contribution in [0.1, 0.15) is 36.8 Å². The Morgan fingerprint density at radius 2 is 1.77 bits per heavy atom. The largest absolute Gasteiger partial charge is 0.352 e. The van der Waals surface area contributed by atoms with E-state index in [0.29, 0.717) is 6.54 Å². The molecule has 0 bridgehead atoms. The van der Waals surface area contributed by atoms with Gasteiger partial charge < -0.3 is 10.6 Å². The number of amides is 1. The molecule has 4 heteroatoms. The van der Waals surface area contributed by atoms with Crippen LogP contribution >= 0.6 is 0 Å². The maximum absolute atomic E-state index is 12.0. The molecule has 0 atom stereocenters. The zero-order valence-electron chi connectivity index (χ0n) is 13.3. The number of nitrogens with one attached hydrogen (secondary N) is 2. The van der Waals surface area contributed by atoms with E-state index in [2.05, 4.69) is 39.8 Å². The van der Waals surface area contributed by atoms with Gasteiger partial charge in [0.1, 0.15) is 0 Å². The topological polar surface area (TPSA) is 44.4 Å². The molecule has 1 aromatic carbocycles. The Morgan fingerprint density at radius 3 is 2.41 bits per heavy atom. The Kier molecular flexibility index (Phi) is 5.46. The first-order chi connectivity index (χ1) is 10.8. The molecule has 4 nitrogen and oxygen atoms in total. The van der Waals surface area contributed by atoms with E-state index in [9.17, 15) is 4.79 Å². The first kappa shape index (κ1) is 15.5. The summed E-state index contributed by atoms with van der Waals surface area (Å²) in [4.78, 5) is 14.5. The third-order valence-corrected chi connectivity index (χ3v) is 4.82. The predicted molar refractivity (Wildman–Crippen MR) is 88.4 cm³/mol. The van der Waals surface area contributed by atoms with Gasteiger partial charge in [-0.3, -0.25) is 9.69 Å². The lowest BCUT2D eigenvalue weighted by Crippen LogP contribution is -2.50. The molecule has 2 saturated heterocycles. The molecular weight excluding hydrogens is 274 g/mol. The molecule has 2 N–H and O–H groups in total. The van der Waals surface area contributed by atoms with Gasteiger partial charge in [-0.2, -0.15) is 0 Å². The first-order valence-electron chi connectivity index (χ1n) is 8.60. The van der Waals surface area contributed by atoms with E-state index in [0.717, 1.165) is 19.6 Å². The first-order valence-corrected chi connectivity index (χ1v) is 8.60. The van der Waals surface area contributed by atoms with Crippen molar-refractivity contribution >= 4 is 5.91 Å². The highest BCUT2D eigenvalue weighted by atomic mass is 16.2. The summed E-state index contributed by atoms with van der Waals surface area (Å²) in [6.45, 7) is 5.71. The van der Waals surface area contributed by atoms with Crippen molar-refractivity contribution < 1.29 is 4.79 Å². The summed E-state index contributed by atoms with van der Waals surface area (Å²) in [5, 5.41) is 6.24. The third-order valence-electron chi connectivity index (χ3n) is 4.82. The molecule has 2 aliphatic rings. The predicted octanol–water partition coefficient (Wildman–Crippen LogP) is 1.90. The van der Waals surface area contributed by atoms with Crippen molar-refractivity contribution in [2.45, 2.75) is 38.8 Å². The summed E-state index contributed by atoms with van der Waals surface area (Å²) in [6.07, 6.45) is 5.36. The smallest absolute Gasteiger partial charge is 0.225 e.